The lowest BCUT2D eigenvalue weighted by Gasteiger charge is -2.15. The van der Waals surface area contributed by atoms with E-state index < -0.39 is 11.8 Å². The summed E-state index contributed by atoms with van der Waals surface area (Å²) in [4.78, 5) is 38.9. The average molecular weight is 474 g/mol. The van der Waals surface area contributed by atoms with Gasteiger partial charge in [-0.3, -0.25) is 19.3 Å². The van der Waals surface area contributed by atoms with Crippen molar-refractivity contribution in [3.8, 4) is 0 Å². The van der Waals surface area contributed by atoms with Crippen LogP contribution in [0.25, 0.3) is 0 Å². The van der Waals surface area contributed by atoms with E-state index in [1.165, 1.54) is 0 Å². The van der Waals surface area contributed by atoms with Crippen molar-refractivity contribution in [1.82, 2.24) is 10.2 Å². The van der Waals surface area contributed by atoms with Crippen LogP contribution in [0.15, 0.2) is 83.5 Å². The number of rotatable bonds is 7. The van der Waals surface area contributed by atoms with Crippen LogP contribution in [-0.2, 0) is 22.7 Å². The number of imide groups is 1. The van der Waals surface area contributed by atoms with E-state index in [1.54, 1.807) is 24.3 Å². The third-order valence-corrected chi connectivity index (χ3v) is 6.10. The first-order valence-electron chi connectivity index (χ1n) is 10.8. The second-order valence-corrected chi connectivity index (χ2v) is 8.55. The van der Waals surface area contributed by atoms with E-state index >= 15 is 0 Å². The van der Waals surface area contributed by atoms with Crippen LogP contribution in [0, 0.1) is 13.8 Å². The van der Waals surface area contributed by atoms with Gasteiger partial charge in [0.1, 0.15) is 10.7 Å². The third kappa shape index (κ3) is 5.02. The average Bonchev–Trinajstić information content (AvgIpc) is 3.04. The molecule has 0 fully saturated rings. The van der Waals surface area contributed by atoms with Crippen molar-refractivity contribution < 1.29 is 14.4 Å². The van der Waals surface area contributed by atoms with Crippen molar-refractivity contribution >= 4 is 35.0 Å². The van der Waals surface area contributed by atoms with Gasteiger partial charge in [0.05, 0.1) is 6.54 Å². The molecule has 0 aliphatic carbocycles. The van der Waals surface area contributed by atoms with Gasteiger partial charge < -0.3 is 10.6 Å². The van der Waals surface area contributed by atoms with Gasteiger partial charge in [0.15, 0.2) is 0 Å². The molecular formula is C27H24ClN3O3. The van der Waals surface area contributed by atoms with E-state index in [1.807, 2.05) is 62.4 Å². The van der Waals surface area contributed by atoms with E-state index in [9.17, 15) is 14.4 Å². The highest BCUT2D eigenvalue weighted by molar-refractivity contribution is 6.47. The summed E-state index contributed by atoms with van der Waals surface area (Å²) >= 11 is 6.17. The van der Waals surface area contributed by atoms with E-state index in [4.69, 9.17) is 11.6 Å². The zero-order chi connectivity index (χ0) is 24.2. The zero-order valence-electron chi connectivity index (χ0n) is 18.9. The van der Waals surface area contributed by atoms with E-state index in [0.29, 0.717) is 5.56 Å². The molecule has 2 N–H and O–H groups in total. The molecule has 7 heteroatoms. The molecule has 0 saturated carbocycles. The van der Waals surface area contributed by atoms with Crippen molar-refractivity contribution in [1.29, 1.82) is 0 Å². The molecule has 1 aliphatic rings. The van der Waals surface area contributed by atoms with Crippen LogP contribution in [-0.4, -0.2) is 22.6 Å². The molecule has 0 spiro atoms. The molecule has 0 unspecified atom stereocenters. The van der Waals surface area contributed by atoms with Gasteiger partial charge in [-0.05, 0) is 60.4 Å². The Morgan fingerprint density at radius 1 is 0.853 bits per heavy atom. The Balaban J connectivity index is 1.37. The summed E-state index contributed by atoms with van der Waals surface area (Å²) < 4.78 is 0. The van der Waals surface area contributed by atoms with Gasteiger partial charge in [0, 0.05) is 17.8 Å². The van der Waals surface area contributed by atoms with Crippen LogP contribution in [0.4, 0.5) is 5.69 Å². The number of benzene rings is 3. The molecule has 0 bridgehead atoms. The van der Waals surface area contributed by atoms with Gasteiger partial charge in [0.25, 0.3) is 17.7 Å². The predicted octanol–water partition coefficient (Wildman–Crippen LogP) is 4.66. The summed E-state index contributed by atoms with van der Waals surface area (Å²) in [5, 5.41) is 5.76. The number of carbonyl (C=O) groups is 3. The molecule has 172 valence electrons. The first kappa shape index (κ1) is 23.3. The minimum absolute atomic E-state index is 0.0826. The van der Waals surface area contributed by atoms with Gasteiger partial charge in [0.2, 0.25) is 0 Å². The van der Waals surface area contributed by atoms with Gasteiger partial charge in [-0.1, -0.05) is 60.1 Å². The van der Waals surface area contributed by atoms with Crippen LogP contribution in [0.3, 0.4) is 0 Å². The van der Waals surface area contributed by atoms with E-state index in [0.717, 1.165) is 32.8 Å². The van der Waals surface area contributed by atoms with Crippen molar-refractivity contribution in [3.63, 3.8) is 0 Å². The molecular weight excluding hydrogens is 450 g/mol. The summed E-state index contributed by atoms with van der Waals surface area (Å²) in [7, 11) is 0. The lowest BCUT2D eigenvalue weighted by molar-refractivity contribution is -0.138. The van der Waals surface area contributed by atoms with Crippen molar-refractivity contribution in [2.75, 3.05) is 5.32 Å². The second kappa shape index (κ2) is 9.93. The Hall–Kier alpha value is -3.90. The molecule has 6 nitrogen and oxygen atoms in total. The Labute approximate surface area is 203 Å². The number of nitrogens with one attached hydrogen (secondary N) is 2. The summed E-state index contributed by atoms with van der Waals surface area (Å²) in [6.45, 7) is 4.46. The fraction of sp³-hybridized carbons (Fsp3) is 0.148. The number of amides is 3. The lowest BCUT2D eigenvalue weighted by atomic mass is 10.1. The van der Waals surface area contributed by atoms with Crippen LogP contribution < -0.4 is 10.6 Å². The number of aryl methyl sites for hydroxylation is 2. The van der Waals surface area contributed by atoms with Crippen LogP contribution in [0.1, 0.15) is 32.6 Å². The summed E-state index contributed by atoms with van der Waals surface area (Å²) in [5.74, 6) is -1.18. The highest BCUT2D eigenvalue weighted by atomic mass is 35.5. The number of hydrogen-bond donors (Lipinski definition) is 2. The monoisotopic (exact) mass is 473 g/mol. The first-order chi connectivity index (χ1) is 16.3. The van der Waals surface area contributed by atoms with Crippen LogP contribution >= 0.6 is 11.6 Å². The number of anilines is 1. The summed E-state index contributed by atoms with van der Waals surface area (Å²) in [6.07, 6.45) is 0. The normalized spacial score (nSPS) is 13.4. The zero-order valence-corrected chi connectivity index (χ0v) is 19.6. The molecule has 1 heterocycles. The van der Waals surface area contributed by atoms with Crippen LogP contribution in [0.2, 0.25) is 0 Å². The molecule has 3 aromatic rings. The number of hydrogen-bond acceptors (Lipinski definition) is 4. The molecule has 3 amide bonds. The maximum Gasteiger partial charge on any atom is 0.278 e. The van der Waals surface area contributed by atoms with Crippen molar-refractivity contribution in [2.24, 2.45) is 0 Å². The minimum atomic E-state index is -0.517. The molecule has 3 aromatic carbocycles. The Morgan fingerprint density at radius 2 is 1.56 bits per heavy atom. The highest BCUT2D eigenvalue weighted by Crippen LogP contribution is 2.24. The van der Waals surface area contributed by atoms with E-state index in [2.05, 4.69) is 10.6 Å². The molecule has 34 heavy (non-hydrogen) atoms. The first-order valence-corrected chi connectivity index (χ1v) is 11.2. The molecule has 0 saturated heterocycles. The summed E-state index contributed by atoms with van der Waals surface area (Å²) in [6, 6.07) is 22.0. The maximum atomic E-state index is 12.8. The van der Waals surface area contributed by atoms with Crippen molar-refractivity contribution in [2.45, 2.75) is 26.9 Å². The largest absolute Gasteiger partial charge is 0.375 e. The van der Waals surface area contributed by atoms with Crippen LogP contribution in [0.5, 0.6) is 0 Å². The maximum absolute atomic E-state index is 12.8. The quantitative estimate of drug-likeness (QED) is 0.489. The SMILES string of the molecule is Cc1ccc(NC(=O)c2ccc(CNC3=C(Cl)C(=O)N(Cc4ccccc4)C3=O)cc2)cc1C. The number of nitrogens with zero attached hydrogens (tertiary/aromatic N) is 1. The number of halogens is 1. The Kier molecular flexibility index (Phi) is 6.80. The lowest BCUT2D eigenvalue weighted by Crippen LogP contribution is -2.33. The van der Waals surface area contributed by atoms with Gasteiger partial charge in [-0.2, -0.15) is 0 Å². The molecule has 1 aliphatic heterocycles. The Bertz CT molecular complexity index is 1280. The van der Waals surface area contributed by atoms with Crippen molar-refractivity contribution in [3.05, 3.63) is 111 Å². The topological polar surface area (TPSA) is 78.5 Å². The minimum Gasteiger partial charge on any atom is -0.375 e. The second-order valence-electron chi connectivity index (χ2n) is 8.17. The highest BCUT2D eigenvalue weighted by Gasteiger charge is 2.37. The molecule has 0 aromatic heterocycles. The standard InChI is InChI=1S/C27H24ClN3O3/c1-17-8-13-22(14-18(17)2)30-25(32)21-11-9-19(10-12-21)15-29-24-23(28)26(33)31(27(24)34)16-20-6-4-3-5-7-20/h3-14,29H,15-16H2,1-2H3,(H,30,32). The Morgan fingerprint density at radius 3 is 2.24 bits per heavy atom. The van der Waals surface area contributed by atoms with E-state index in [-0.39, 0.29) is 29.7 Å². The third-order valence-electron chi connectivity index (χ3n) is 5.75. The molecule has 0 radical (unpaired) electrons. The fourth-order valence-corrected chi connectivity index (χ4v) is 3.85. The smallest absolute Gasteiger partial charge is 0.278 e. The molecule has 0 atom stereocenters. The van der Waals surface area contributed by atoms with Gasteiger partial charge >= 0.3 is 0 Å². The molecule has 4 rings (SSSR count). The van der Waals surface area contributed by atoms with Gasteiger partial charge in [-0.15, -0.1) is 0 Å². The number of carbonyl (C=O) groups excluding carboxylic acids is 3. The fourth-order valence-electron chi connectivity index (χ4n) is 3.60. The predicted molar refractivity (Wildman–Crippen MR) is 132 cm³/mol. The summed E-state index contributed by atoms with van der Waals surface area (Å²) in [5.41, 5.74) is 5.28. The van der Waals surface area contributed by atoms with Gasteiger partial charge in [-0.25, -0.2) is 0 Å².